The highest BCUT2D eigenvalue weighted by Crippen LogP contribution is 2.12. The van der Waals surface area contributed by atoms with Gasteiger partial charge in [-0.15, -0.1) is 0 Å². The molecule has 0 amide bonds. The Morgan fingerprint density at radius 2 is 1.75 bits per heavy atom. The first kappa shape index (κ1) is 15.3. The predicted octanol–water partition coefficient (Wildman–Crippen LogP) is 1.59. The van der Waals surface area contributed by atoms with Gasteiger partial charge in [-0.05, 0) is 44.1 Å². The fraction of sp³-hybridized carbons (Fsp3) is 0.625. The molecule has 0 aliphatic carbocycles. The van der Waals surface area contributed by atoms with Gasteiger partial charge in [0.05, 0.1) is 13.2 Å². The summed E-state index contributed by atoms with van der Waals surface area (Å²) in [6.07, 6.45) is 2.28. The monoisotopic (exact) mass is 278 g/mol. The first-order valence-corrected chi connectivity index (χ1v) is 7.51. The average molecular weight is 278 g/mol. The van der Waals surface area contributed by atoms with Crippen LogP contribution in [0.15, 0.2) is 24.3 Å². The maximum atomic E-state index is 8.97. The van der Waals surface area contributed by atoms with E-state index in [9.17, 15) is 0 Å². The zero-order valence-electron chi connectivity index (χ0n) is 12.4. The van der Waals surface area contributed by atoms with Gasteiger partial charge in [0.2, 0.25) is 0 Å². The van der Waals surface area contributed by atoms with Gasteiger partial charge in [0.25, 0.3) is 0 Å². The van der Waals surface area contributed by atoms with Crippen LogP contribution in [0.2, 0.25) is 0 Å². The first-order valence-electron chi connectivity index (χ1n) is 7.51. The number of aliphatic hydroxyl groups excluding tert-OH is 1. The van der Waals surface area contributed by atoms with E-state index in [1.807, 2.05) is 24.3 Å². The van der Waals surface area contributed by atoms with Crippen LogP contribution in [0.4, 0.5) is 0 Å². The van der Waals surface area contributed by atoms with Crippen molar-refractivity contribution in [2.45, 2.75) is 19.4 Å². The van der Waals surface area contributed by atoms with Crippen LogP contribution in [0.25, 0.3) is 0 Å². The summed E-state index contributed by atoms with van der Waals surface area (Å²) >= 11 is 0. The molecule has 1 saturated heterocycles. The fourth-order valence-electron chi connectivity index (χ4n) is 2.39. The molecular weight excluding hydrogens is 252 g/mol. The summed E-state index contributed by atoms with van der Waals surface area (Å²) in [6, 6.07) is 7.65. The molecule has 0 atom stereocenters. The van der Waals surface area contributed by atoms with Gasteiger partial charge in [0, 0.05) is 26.2 Å². The number of ether oxygens (including phenoxy) is 1. The van der Waals surface area contributed by atoms with Gasteiger partial charge in [-0.1, -0.05) is 12.1 Å². The van der Waals surface area contributed by atoms with Gasteiger partial charge in [-0.2, -0.15) is 0 Å². The highest BCUT2D eigenvalue weighted by Gasteiger charge is 2.12. The number of unbranched alkanes of at least 4 members (excludes halogenated alkanes) is 1. The van der Waals surface area contributed by atoms with E-state index in [-0.39, 0.29) is 6.61 Å². The predicted molar refractivity (Wildman–Crippen MR) is 81.0 cm³/mol. The summed E-state index contributed by atoms with van der Waals surface area (Å²) in [7, 11) is 2.19. The number of nitrogens with zero attached hydrogens (tertiary/aromatic N) is 2. The van der Waals surface area contributed by atoms with E-state index in [0.29, 0.717) is 0 Å². The minimum absolute atomic E-state index is 0.0886. The minimum Gasteiger partial charge on any atom is -0.494 e. The van der Waals surface area contributed by atoms with Crippen molar-refractivity contribution in [1.82, 2.24) is 9.80 Å². The summed E-state index contributed by atoms with van der Waals surface area (Å²) in [5.41, 5.74) is 0.924. The Bertz CT molecular complexity index is 373. The number of aliphatic hydroxyl groups is 1. The average Bonchev–Trinajstić information content (AvgIpc) is 2.49. The largest absolute Gasteiger partial charge is 0.494 e. The molecule has 2 rings (SSSR count). The van der Waals surface area contributed by atoms with Crippen LogP contribution in [0.5, 0.6) is 5.75 Å². The van der Waals surface area contributed by atoms with E-state index in [2.05, 4.69) is 16.8 Å². The van der Waals surface area contributed by atoms with Crippen molar-refractivity contribution in [2.75, 3.05) is 46.4 Å². The molecule has 1 aromatic rings. The Labute approximate surface area is 122 Å². The topological polar surface area (TPSA) is 35.9 Å². The number of rotatable bonds is 7. The van der Waals surface area contributed by atoms with Gasteiger partial charge in [-0.3, -0.25) is 0 Å². The van der Waals surface area contributed by atoms with Crippen LogP contribution in [0, 0.1) is 0 Å². The molecule has 0 aromatic heterocycles. The van der Waals surface area contributed by atoms with Gasteiger partial charge >= 0.3 is 0 Å². The summed E-state index contributed by atoms with van der Waals surface area (Å²) < 4.78 is 5.70. The quantitative estimate of drug-likeness (QED) is 0.768. The molecule has 4 nitrogen and oxygen atoms in total. The molecule has 4 heteroatoms. The molecule has 0 spiro atoms. The standard InChI is InChI=1S/C16H26N2O2/c1-17-9-11-18(12-10-17)8-2-3-13-20-16-6-4-15(14-19)5-7-16/h4-7,19H,2-3,8-14H2,1H3. The van der Waals surface area contributed by atoms with Crippen LogP contribution in [0.3, 0.4) is 0 Å². The molecule has 1 heterocycles. The summed E-state index contributed by atoms with van der Waals surface area (Å²) in [4.78, 5) is 4.92. The smallest absolute Gasteiger partial charge is 0.119 e. The van der Waals surface area contributed by atoms with Crippen molar-refractivity contribution in [1.29, 1.82) is 0 Å². The lowest BCUT2D eigenvalue weighted by Gasteiger charge is -2.32. The molecule has 20 heavy (non-hydrogen) atoms. The lowest BCUT2D eigenvalue weighted by atomic mass is 10.2. The van der Waals surface area contributed by atoms with Crippen LogP contribution in [0.1, 0.15) is 18.4 Å². The van der Waals surface area contributed by atoms with E-state index >= 15 is 0 Å². The highest BCUT2D eigenvalue weighted by atomic mass is 16.5. The third-order valence-electron chi connectivity index (χ3n) is 3.84. The molecule has 1 aliphatic heterocycles. The summed E-state index contributed by atoms with van der Waals surface area (Å²) in [5.74, 6) is 0.891. The molecule has 1 N–H and O–H groups in total. The third-order valence-corrected chi connectivity index (χ3v) is 3.84. The zero-order chi connectivity index (χ0) is 14.2. The first-order chi connectivity index (χ1) is 9.78. The van der Waals surface area contributed by atoms with Crippen molar-refractivity contribution in [2.24, 2.45) is 0 Å². The maximum absolute atomic E-state index is 8.97. The second-order valence-electron chi connectivity index (χ2n) is 5.50. The SMILES string of the molecule is CN1CCN(CCCCOc2ccc(CO)cc2)CC1. The molecule has 0 radical (unpaired) electrons. The van der Waals surface area contributed by atoms with Gasteiger partial charge in [-0.25, -0.2) is 0 Å². The number of piperazine rings is 1. The Hall–Kier alpha value is -1.10. The van der Waals surface area contributed by atoms with Crippen molar-refractivity contribution < 1.29 is 9.84 Å². The Kier molecular flexibility index (Phi) is 6.30. The molecule has 0 bridgehead atoms. The third kappa shape index (κ3) is 5.12. The van der Waals surface area contributed by atoms with Crippen LogP contribution in [-0.2, 0) is 6.61 Å². The van der Waals surface area contributed by atoms with E-state index in [4.69, 9.17) is 9.84 Å². The van der Waals surface area contributed by atoms with E-state index in [1.165, 1.54) is 39.1 Å². The van der Waals surface area contributed by atoms with Gasteiger partial charge in [0.15, 0.2) is 0 Å². The molecule has 0 saturated carbocycles. The highest BCUT2D eigenvalue weighted by molar-refractivity contribution is 5.26. The van der Waals surface area contributed by atoms with E-state index < -0.39 is 0 Å². The second-order valence-corrected chi connectivity index (χ2v) is 5.50. The van der Waals surface area contributed by atoms with Gasteiger partial charge in [0.1, 0.15) is 5.75 Å². The van der Waals surface area contributed by atoms with Gasteiger partial charge < -0.3 is 19.6 Å². The van der Waals surface area contributed by atoms with E-state index in [0.717, 1.165) is 24.3 Å². The Morgan fingerprint density at radius 3 is 2.40 bits per heavy atom. The Balaban J connectivity index is 1.55. The maximum Gasteiger partial charge on any atom is 0.119 e. The second kappa shape index (κ2) is 8.25. The lowest BCUT2D eigenvalue weighted by molar-refractivity contribution is 0.150. The van der Waals surface area contributed by atoms with E-state index in [1.54, 1.807) is 0 Å². The molecular formula is C16H26N2O2. The fourth-order valence-corrected chi connectivity index (χ4v) is 2.39. The number of likely N-dealkylation sites (N-methyl/N-ethyl adjacent to an activating group) is 1. The van der Waals surface area contributed by atoms with Crippen LogP contribution < -0.4 is 4.74 Å². The van der Waals surface area contributed by atoms with Crippen molar-refractivity contribution in [3.8, 4) is 5.75 Å². The van der Waals surface area contributed by atoms with Crippen LogP contribution >= 0.6 is 0 Å². The molecule has 0 unspecified atom stereocenters. The lowest BCUT2D eigenvalue weighted by Crippen LogP contribution is -2.44. The summed E-state index contributed by atoms with van der Waals surface area (Å²) in [5, 5.41) is 8.97. The van der Waals surface area contributed by atoms with Crippen LogP contribution in [-0.4, -0.2) is 61.3 Å². The number of hydrogen-bond acceptors (Lipinski definition) is 4. The molecule has 1 fully saturated rings. The molecule has 1 aromatic carbocycles. The van der Waals surface area contributed by atoms with Crippen molar-refractivity contribution >= 4 is 0 Å². The molecule has 112 valence electrons. The summed E-state index contributed by atoms with van der Waals surface area (Å²) in [6.45, 7) is 6.81. The molecule has 1 aliphatic rings. The number of hydrogen-bond donors (Lipinski definition) is 1. The van der Waals surface area contributed by atoms with Crippen molar-refractivity contribution in [3.05, 3.63) is 29.8 Å². The van der Waals surface area contributed by atoms with Crippen molar-refractivity contribution in [3.63, 3.8) is 0 Å². The Morgan fingerprint density at radius 1 is 1.05 bits per heavy atom. The minimum atomic E-state index is 0.0886. The normalized spacial score (nSPS) is 17.3. The number of benzene rings is 1. The zero-order valence-corrected chi connectivity index (χ0v) is 12.4.